The molecule has 1 saturated carbocycles. The van der Waals surface area contributed by atoms with Crippen molar-refractivity contribution in [1.29, 1.82) is 0 Å². The summed E-state index contributed by atoms with van der Waals surface area (Å²) in [4.78, 5) is 2.56. The molecular weight excluding hydrogens is 256 g/mol. The Bertz CT molecular complexity index is 331. The first-order valence-electron chi connectivity index (χ1n) is 9.05. The lowest BCUT2D eigenvalue weighted by Gasteiger charge is -2.59. The topological polar surface area (TPSA) is 15.3 Å². The smallest absolute Gasteiger partial charge is 0.0376 e. The number of unbranched alkanes of at least 4 members (excludes halogenated alkanes) is 1. The number of hydrogen-bond acceptors (Lipinski definition) is 2. The molecule has 0 radical (unpaired) electrons. The van der Waals surface area contributed by atoms with Crippen LogP contribution in [-0.4, -0.2) is 30.6 Å². The maximum atomic E-state index is 4.13. The standard InChI is InChI=1S/C19H36N2/c1-15(2)8-6-7-9-18-10-19(11-18)13-21(14-19)12-17(5)20-16(3)4/h15-16,18,20H,5-14H2,1-4H3. The molecule has 0 aromatic carbocycles. The highest BCUT2D eigenvalue weighted by atomic mass is 15.2. The van der Waals surface area contributed by atoms with E-state index in [1.54, 1.807) is 0 Å². The van der Waals surface area contributed by atoms with Crippen molar-refractivity contribution in [3.05, 3.63) is 12.3 Å². The highest BCUT2D eigenvalue weighted by Crippen LogP contribution is 2.53. The molecule has 1 saturated heterocycles. The molecule has 0 atom stereocenters. The molecule has 2 aliphatic rings. The van der Waals surface area contributed by atoms with Crippen molar-refractivity contribution in [2.24, 2.45) is 17.3 Å². The molecule has 1 N–H and O–H groups in total. The normalized spacial score (nSPS) is 21.6. The van der Waals surface area contributed by atoms with E-state index in [9.17, 15) is 0 Å². The van der Waals surface area contributed by atoms with E-state index in [0.717, 1.165) is 18.4 Å². The number of nitrogens with one attached hydrogen (secondary N) is 1. The van der Waals surface area contributed by atoms with Gasteiger partial charge in [-0.15, -0.1) is 0 Å². The SMILES string of the molecule is C=C(CN1CC2(CC(CCCCC(C)C)C2)C1)NC(C)C. The zero-order valence-corrected chi connectivity index (χ0v) is 14.8. The van der Waals surface area contributed by atoms with E-state index in [2.05, 4.69) is 44.5 Å². The molecule has 2 heteroatoms. The molecule has 122 valence electrons. The zero-order valence-electron chi connectivity index (χ0n) is 14.8. The first-order chi connectivity index (χ1) is 9.88. The highest BCUT2D eigenvalue weighted by Gasteiger charge is 2.51. The van der Waals surface area contributed by atoms with E-state index >= 15 is 0 Å². The van der Waals surface area contributed by atoms with Gasteiger partial charge in [0.25, 0.3) is 0 Å². The van der Waals surface area contributed by atoms with Gasteiger partial charge in [0.05, 0.1) is 0 Å². The van der Waals surface area contributed by atoms with Crippen LogP contribution in [-0.2, 0) is 0 Å². The van der Waals surface area contributed by atoms with Crippen molar-refractivity contribution in [3.8, 4) is 0 Å². The van der Waals surface area contributed by atoms with Gasteiger partial charge in [-0.3, -0.25) is 4.90 Å². The van der Waals surface area contributed by atoms with Gasteiger partial charge in [0, 0.05) is 31.4 Å². The van der Waals surface area contributed by atoms with Crippen molar-refractivity contribution in [2.75, 3.05) is 19.6 Å². The first kappa shape index (κ1) is 16.9. The molecule has 21 heavy (non-hydrogen) atoms. The molecule has 0 unspecified atom stereocenters. The quantitative estimate of drug-likeness (QED) is 0.633. The van der Waals surface area contributed by atoms with Crippen LogP contribution in [0.1, 0.15) is 66.2 Å². The van der Waals surface area contributed by atoms with Crippen LogP contribution < -0.4 is 5.32 Å². The Balaban J connectivity index is 1.52. The van der Waals surface area contributed by atoms with Crippen molar-refractivity contribution >= 4 is 0 Å². The molecule has 1 aliphatic heterocycles. The summed E-state index contributed by atoms with van der Waals surface area (Å²) in [6.45, 7) is 16.8. The lowest BCUT2D eigenvalue weighted by Crippen LogP contribution is -2.62. The summed E-state index contributed by atoms with van der Waals surface area (Å²) in [5.41, 5.74) is 1.89. The van der Waals surface area contributed by atoms with Gasteiger partial charge in [-0.2, -0.15) is 0 Å². The Morgan fingerprint density at radius 2 is 1.86 bits per heavy atom. The Kier molecular flexibility index (Phi) is 5.76. The second kappa shape index (κ2) is 7.17. The third-order valence-corrected chi connectivity index (χ3v) is 5.11. The van der Waals surface area contributed by atoms with Crippen LogP contribution in [0, 0.1) is 17.3 Å². The number of hydrogen-bond donors (Lipinski definition) is 1. The third kappa shape index (κ3) is 5.02. The fourth-order valence-corrected chi connectivity index (χ4v) is 4.35. The maximum Gasteiger partial charge on any atom is 0.0376 e. The van der Waals surface area contributed by atoms with Crippen LogP contribution in [0.3, 0.4) is 0 Å². The lowest BCUT2D eigenvalue weighted by molar-refractivity contribution is -0.0925. The molecule has 2 rings (SSSR count). The summed E-state index contributed by atoms with van der Waals surface area (Å²) < 4.78 is 0. The number of likely N-dealkylation sites (tertiary alicyclic amines) is 1. The van der Waals surface area contributed by atoms with Crippen LogP contribution >= 0.6 is 0 Å². The minimum Gasteiger partial charge on any atom is -0.386 e. The predicted molar refractivity (Wildman–Crippen MR) is 92.3 cm³/mol. The van der Waals surface area contributed by atoms with E-state index < -0.39 is 0 Å². The second-order valence-electron chi connectivity index (χ2n) is 8.50. The van der Waals surface area contributed by atoms with Gasteiger partial charge in [-0.1, -0.05) is 46.1 Å². The Morgan fingerprint density at radius 3 is 2.43 bits per heavy atom. The van der Waals surface area contributed by atoms with E-state index in [1.807, 2.05) is 0 Å². The molecule has 0 amide bonds. The predicted octanol–water partition coefficient (Wildman–Crippen LogP) is 4.43. The molecule has 0 aromatic heterocycles. The van der Waals surface area contributed by atoms with Crippen LogP contribution in [0.15, 0.2) is 12.3 Å². The summed E-state index contributed by atoms with van der Waals surface area (Å²) in [5, 5.41) is 3.42. The van der Waals surface area contributed by atoms with E-state index in [1.165, 1.54) is 57.3 Å². The van der Waals surface area contributed by atoms with Gasteiger partial charge in [-0.05, 0) is 43.9 Å². The molecular formula is C19H36N2. The first-order valence-corrected chi connectivity index (χ1v) is 9.05. The summed E-state index contributed by atoms with van der Waals surface area (Å²) >= 11 is 0. The number of rotatable bonds is 9. The van der Waals surface area contributed by atoms with Gasteiger partial charge in [0.1, 0.15) is 0 Å². The minimum absolute atomic E-state index is 0.506. The van der Waals surface area contributed by atoms with E-state index in [-0.39, 0.29) is 0 Å². The Labute approximate surface area is 132 Å². The number of nitrogens with zero attached hydrogens (tertiary/aromatic N) is 1. The van der Waals surface area contributed by atoms with Gasteiger partial charge in [0.2, 0.25) is 0 Å². The van der Waals surface area contributed by atoms with Crippen molar-refractivity contribution in [3.63, 3.8) is 0 Å². The largest absolute Gasteiger partial charge is 0.386 e. The summed E-state index contributed by atoms with van der Waals surface area (Å²) in [7, 11) is 0. The van der Waals surface area contributed by atoms with Gasteiger partial charge < -0.3 is 5.32 Å². The van der Waals surface area contributed by atoms with Gasteiger partial charge in [-0.25, -0.2) is 0 Å². The monoisotopic (exact) mass is 292 g/mol. The molecule has 0 aromatic rings. The molecule has 0 bridgehead atoms. The average Bonchev–Trinajstić information content (AvgIpc) is 2.26. The van der Waals surface area contributed by atoms with Gasteiger partial charge in [0.15, 0.2) is 0 Å². The minimum atomic E-state index is 0.506. The fraction of sp³-hybridized carbons (Fsp3) is 0.895. The van der Waals surface area contributed by atoms with E-state index in [0.29, 0.717) is 11.5 Å². The summed E-state index contributed by atoms with van der Waals surface area (Å²) in [6, 6.07) is 0.506. The molecule has 2 fully saturated rings. The Hall–Kier alpha value is -0.500. The average molecular weight is 293 g/mol. The summed E-state index contributed by atoms with van der Waals surface area (Å²) in [5.74, 6) is 1.92. The second-order valence-corrected chi connectivity index (χ2v) is 8.50. The van der Waals surface area contributed by atoms with Crippen LogP contribution in [0.25, 0.3) is 0 Å². The van der Waals surface area contributed by atoms with Crippen molar-refractivity contribution in [1.82, 2.24) is 10.2 Å². The van der Waals surface area contributed by atoms with Crippen molar-refractivity contribution in [2.45, 2.75) is 72.3 Å². The van der Waals surface area contributed by atoms with Crippen LogP contribution in [0.4, 0.5) is 0 Å². The van der Waals surface area contributed by atoms with Crippen LogP contribution in [0.5, 0.6) is 0 Å². The molecule has 1 aliphatic carbocycles. The van der Waals surface area contributed by atoms with Crippen LogP contribution in [0.2, 0.25) is 0 Å². The molecule has 1 spiro atoms. The molecule has 1 heterocycles. The third-order valence-electron chi connectivity index (χ3n) is 5.11. The maximum absolute atomic E-state index is 4.13. The Morgan fingerprint density at radius 1 is 1.19 bits per heavy atom. The summed E-state index contributed by atoms with van der Waals surface area (Å²) in [6.07, 6.45) is 8.78. The van der Waals surface area contributed by atoms with Gasteiger partial charge >= 0.3 is 0 Å². The van der Waals surface area contributed by atoms with Crippen molar-refractivity contribution < 1.29 is 0 Å². The van der Waals surface area contributed by atoms with E-state index in [4.69, 9.17) is 0 Å². The zero-order chi connectivity index (χ0) is 15.5. The fourth-order valence-electron chi connectivity index (χ4n) is 4.35. The lowest BCUT2D eigenvalue weighted by atomic mass is 9.56. The highest BCUT2D eigenvalue weighted by molar-refractivity contribution is 5.07. The molecule has 2 nitrogen and oxygen atoms in total.